The van der Waals surface area contributed by atoms with Crippen LogP contribution in [0.15, 0.2) is 48.5 Å². The number of hydrogen-bond donors (Lipinski definition) is 3. The van der Waals surface area contributed by atoms with Crippen LogP contribution in [0.25, 0.3) is 0 Å². The normalized spacial score (nSPS) is 11.9. The highest BCUT2D eigenvalue weighted by Crippen LogP contribution is 2.17. The number of benzene rings is 2. The Bertz CT molecular complexity index is 688. The summed E-state index contributed by atoms with van der Waals surface area (Å²) in [6, 6.07) is 16.6. The standard InChI is InChI=1S/C19H25N3OS/c1-14-8-5-6-11-17(14)21-19(24)20-13-18(22(2)3)15-9-7-10-16(12-15)23-4/h5-12,18H,13H2,1-4H3,(H2,20,21,24)/p+1/t18-/m0/s1. The lowest BCUT2D eigenvalue weighted by Crippen LogP contribution is -3.07. The first-order valence-corrected chi connectivity index (χ1v) is 8.46. The lowest BCUT2D eigenvalue weighted by molar-refractivity contribution is -0.890. The largest absolute Gasteiger partial charge is 0.497 e. The molecule has 0 spiro atoms. The minimum absolute atomic E-state index is 0.275. The van der Waals surface area contributed by atoms with Gasteiger partial charge in [0.05, 0.1) is 27.7 Å². The Kier molecular flexibility index (Phi) is 6.58. The molecule has 1 atom stereocenters. The molecular weight excluding hydrogens is 318 g/mol. The van der Waals surface area contributed by atoms with E-state index in [0.717, 1.165) is 18.0 Å². The molecule has 3 N–H and O–H groups in total. The second kappa shape index (κ2) is 8.66. The van der Waals surface area contributed by atoms with Crippen molar-refractivity contribution in [3.05, 3.63) is 59.7 Å². The maximum atomic E-state index is 5.44. The lowest BCUT2D eigenvalue weighted by Gasteiger charge is -2.23. The highest BCUT2D eigenvalue weighted by molar-refractivity contribution is 7.80. The van der Waals surface area contributed by atoms with Crippen molar-refractivity contribution in [2.24, 2.45) is 0 Å². The van der Waals surface area contributed by atoms with Crippen LogP contribution in [0.5, 0.6) is 5.75 Å². The van der Waals surface area contributed by atoms with Crippen molar-refractivity contribution < 1.29 is 9.64 Å². The molecule has 0 saturated carbocycles. The van der Waals surface area contributed by atoms with Crippen LogP contribution in [-0.4, -0.2) is 32.9 Å². The fraction of sp³-hybridized carbons (Fsp3) is 0.316. The first kappa shape index (κ1) is 18.2. The average molecular weight is 345 g/mol. The third kappa shape index (κ3) is 4.94. The molecule has 0 amide bonds. The van der Waals surface area contributed by atoms with Crippen molar-refractivity contribution in [2.45, 2.75) is 13.0 Å². The predicted octanol–water partition coefficient (Wildman–Crippen LogP) is 2.18. The third-order valence-corrected chi connectivity index (χ3v) is 4.30. The molecule has 24 heavy (non-hydrogen) atoms. The topological polar surface area (TPSA) is 37.7 Å². The zero-order valence-corrected chi connectivity index (χ0v) is 15.5. The molecule has 0 unspecified atom stereocenters. The van der Waals surface area contributed by atoms with Crippen LogP contribution in [0.3, 0.4) is 0 Å². The molecular formula is C19H26N3OS+. The first-order chi connectivity index (χ1) is 11.5. The van der Waals surface area contributed by atoms with Gasteiger partial charge in [0.15, 0.2) is 5.11 Å². The quantitative estimate of drug-likeness (QED) is 0.702. The van der Waals surface area contributed by atoms with Crippen molar-refractivity contribution in [3.63, 3.8) is 0 Å². The van der Waals surface area contributed by atoms with Crippen LogP contribution < -0.4 is 20.3 Å². The van der Waals surface area contributed by atoms with E-state index in [4.69, 9.17) is 17.0 Å². The van der Waals surface area contributed by atoms with E-state index in [1.54, 1.807) is 7.11 Å². The number of ether oxygens (including phenoxy) is 1. The van der Waals surface area contributed by atoms with E-state index >= 15 is 0 Å². The Balaban J connectivity index is 2.01. The van der Waals surface area contributed by atoms with Crippen molar-refractivity contribution >= 4 is 23.0 Å². The van der Waals surface area contributed by atoms with Gasteiger partial charge in [0.25, 0.3) is 0 Å². The number of rotatable bonds is 6. The number of para-hydroxylation sites is 1. The number of methoxy groups -OCH3 is 1. The second-order valence-corrected chi connectivity index (χ2v) is 6.46. The van der Waals surface area contributed by atoms with E-state index in [1.165, 1.54) is 16.0 Å². The van der Waals surface area contributed by atoms with Gasteiger partial charge < -0.3 is 20.3 Å². The zero-order chi connectivity index (χ0) is 17.5. The van der Waals surface area contributed by atoms with Crippen LogP contribution in [0.1, 0.15) is 17.2 Å². The Morgan fingerprint density at radius 3 is 2.58 bits per heavy atom. The van der Waals surface area contributed by atoms with E-state index in [9.17, 15) is 0 Å². The minimum Gasteiger partial charge on any atom is -0.497 e. The van der Waals surface area contributed by atoms with Gasteiger partial charge in [-0.05, 0) is 42.9 Å². The van der Waals surface area contributed by atoms with E-state index in [1.807, 2.05) is 30.3 Å². The van der Waals surface area contributed by atoms with E-state index in [2.05, 4.69) is 49.9 Å². The summed E-state index contributed by atoms with van der Waals surface area (Å²) >= 11 is 5.44. The Morgan fingerprint density at radius 1 is 1.17 bits per heavy atom. The summed E-state index contributed by atoms with van der Waals surface area (Å²) in [5.41, 5.74) is 3.43. The molecule has 0 saturated heterocycles. The zero-order valence-electron chi connectivity index (χ0n) is 14.7. The van der Waals surface area contributed by atoms with Crippen LogP contribution in [0, 0.1) is 6.92 Å². The molecule has 2 rings (SSSR count). The third-order valence-electron chi connectivity index (χ3n) is 4.05. The average Bonchev–Trinajstić information content (AvgIpc) is 2.57. The van der Waals surface area contributed by atoms with Gasteiger partial charge in [0.2, 0.25) is 0 Å². The van der Waals surface area contributed by atoms with Gasteiger partial charge in [-0.3, -0.25) is 0 Å². The van der Waals surface area contributed by atoms with Gasteiger partial charge in [-0.2, -0.15) is 0 Å². The molecule has 0 aliphatic carbocycles. The van der Waals surface area contributed by atoms with Gasteiger partial charge >= 0.3 is 0 Å². The fourth-order valence-corrected chi connectivity index (χ4v) is 2.78. The van der Waals surface area contributed by atoms with Gasteiger partial charge in [-0.15, -0.1) is 0 Å². The molecule has 0 heterocycles. The molecule has 0 bridgehead atoms. The lowest BCUT2D eigenvalue weighted by atomic mass is 10.1. The summed E-state index contributed by atoms with van der Waals surface area (Å²) < 4.78 is 5.33. The predicted molar refractivity (Wildman–Crippen MR) is 104 cm³/mol. The molecule has 2 aromatic carbocycles. The molecule has 128 valence electrons. The van der Waals surface area contributed by atoms with Crippen molar-refractivity contribution in [2.75, 3.05) is 33.1 Å². The molecule has 0 aromatic heterocycles. The number of likely N-dealkylation sites (N-methyl/N-ethyl adjacent to an activating group) is 1. The number of thiocarbonyl (C=S) groups is 1. The van der Waals surface area contributed by atoms with Crippen molar-refractivity contribution in [3.8, 4) is 5.75 Å². The second-order valence-electron chi connectivity index (χ2n) is 6.06. The molecule has 0 radical (unpaired) electrons. The summed E-state index contributed by atoms with van der Waals surface area (Å²) in [6.45, 7) is 2.81. The summed E-state index contributed by atoms with van der Waals surface area (Å²) in [5.74, 6) is 0.874. The Labute approximate surface area is 149 Å². The minimum atomic E-state index is 0.275. The van der Waals surface area contributed by atoms with Gasteiger partial charge in [-0.1, -0.05) is 30.3 Å². The van der Waals surface area contributed by atoms with Gasteiger partial charge in [-0.25, -0.2) is 0 Å². The van der Waals surface area contributed by atoms with Crippen LogP contribution in [0.4, 0.5) is 5.69 Å². The van der Waals surface area contributed by atoms with E-state index in [-0.39, 0.29) is 6.04 Å². The molecule has 2 aromatic rings. The van der Waals surface area contributed by atoms with Crippen molar-refractivity contribution in [1.29, 1.82) is 0 Å². The Morgan fingerprint density at radius 2 is 1.92 bits per heavy atom. The number of hydrogen-bond acceptors (Lipinski definition) is 2. The van der Waals surface area contributed by atoms with E-state index < -0.39 is 0 Å². The van der Waals surface area contributed by atoms with Gasteiger partial charge in [0.1, 0.15) is 11.8 Å². The van der Waals surface area contributed by atoms with Crippen LogP contribution in [0.2, 0.25) is 0 Å². The van der Waals surface area contributed by atoms with E-state index in [0.29, 0.717) is 5.11 Å². The summed E-state index contributed by atoms with van der Waals surface area (Å²) in [6.07, 6.45) is 0. The molecule has 0 aliphatic rings. The molecule has 4 nitrogen and oxygen atoms in total. The molecule has 5 heteroatoms. The molecule has 0 fully saturated rings. The number of quaternary nitrogens is 1. The highest BCUT2D eigenvalue weighted by atomic mass is 32.1. The SMILES string of the molecule is COc1cccc([C@H](CNC(=S)Nc2ccccc2C)[NH+](C)C)c1. The van der Waals surface area contributed by atoms with Crippen LogP contribution >= 0.6 is 12.2 Å². The van der Waals surface area contributed by atoms with Crippen molar-refractivity contribution in [1.82, 2.24) is 5.32 Å². The summed E-state index contributed by atoms with van der Waals surface area (Å²) in [7, 11) is 5.98. The monoisotopic (exact) mass is 344 g/mol. The maximum Gasteiger partial charge on any atom is 0.171 e. The number of nitrogens with one attached hydrogen (secondary N) is 3. The first-order valence-electron chi connectivity index (χ1n) is 8.05. The molecule has 0 aliphatic heterocycles. The fourth-order valence-electron chi connectivity index (χ4n) is 2.59. The smallest absolute Gasteiger partial charge is 0.171 e. The summed E-state index contributed by atoms with van der Waals surface area (Å²) in [4.78, 5) is 1.33. The number of aryl methyl sites for hydroxylation is 1. The highest BCUT2D eigenvalue weighted by Gasteiger charge is 2.18. The Hall–Kier alpha value is -2.11. The van der Waals surface area contributed by atoms with Gasteiger partial charge in [0, 0.05) is 11.3 Å². The maximum absolute atomic E-state index is 5.44. The summed E-state index contributed by atoms with van der Waals surface area (Å²) in [5, 5.41) is 7.24. The van der Waals surface area contributed by atoms with Crippen LogP contribution in [-0.2, 0) is 0 Å². The number of anilines is 1.